The molecule has 4 rings (SSSR count). The fraction of sp³-hybridized carbons (Fsp3) is 0.471. The zero-order chi connectivity index (χ0) is 16.4. The van der Waals surface area contributed by atoms with Crippen LogP contribution in [0.4, 0.5) is 0 Å². The van der Waals surface area contributed by atoms with Gasteiger partial charge in [0.1, 0.15) is 0 Å². The summed E-state index contributed by atoms with van der Waals surface area (Å²) in [4.78, 5) is 19.4. The third-order valence-electron chi connectivity index (χ3n) is 4.61. The Morgan fingerprint density at radius 2 is 2.08 bits per heavy atom. The molecule has 2 aliphatic rings. The highest BCUT2D eigenvalue weighted by Gasteiger charge is 2.36. The molecule has 0 aromatic carbocycles. The molecule has 0 radical (unpaired) electrons. The van der Waals surface area contributed by atoms with Gasteiger partial charge in [-0.05, 0) is 24.3 Å². The van der Waals surface area contributed by atoms with Gasteiger partial charge in [0.05, 0.1) is 25.0 Å². The summed E-state index contributed by atoms with van der Waals surface area (Å²) < 4.78 is 10.9. The molecule has 1 aliphatic heterocycles. The number of rotatable bonds is 3. The standard InChI is InChI=1S/C17H19N3O3S/c21-17(20-6-8-22-9-7-20)14-4-2-1-3-13(14)16-18-15(19-23-16)12-5-10-24-11-12/h1-2,5,10-11,13-14H,3-4,6-9H2/t13-,14+/m1/s1. The van der Waals surface area contributed by atoms with Crippen LogP contribution in [0.3, 0.4) is 0 Å². The van der Waals surface area contributed by atoms with Crippen molar-refractivity contribution in [3.63, 3.8) is 0 Å². The van der Waals surface area contributed by atoms with Crippen molar-refractivity contribution in [2.24, 2.45) is 5.92 Å². The Kier molecular flexibility index (Phi) is 4.44. The number of ether oxygens (including phenoxy) is 1. The van der Waals surface area contributed by atoms with E-state index in [1.54, 1.807) is 11.3 Å². The fourth-order valence-corrected chi connectivity index (χ4v) is 3.91. The summed E-state index contributed by atoms with van der Waals surface area (Å²) in [5.41, 5.74) is 0.956. The van der Waals surface area contributed by atoms with Crippen molar-refractivity contribution in [1.29, 1.82) is 0 Å². The van der Waals surface area contributed by atoms with Gasteiger partial charge in [-0.25, -0.2) is 0 Å². The second-order valence-corrected chi connectivity index (χ2v) is 6.84. The number of thiophene rings is 1. The zero-order valence-corrected chi connectivity index (χ0v) is 14.1. The van der Waals surface area contributed by atoms with Crippen LogP contribution in [-0.2, 0) is 9.53 Å². The highest BCUT2D eigenvalue weighted by atomic mass is 32.1. The molecule has 1 amide bonds. The van der Waals surface area contributed by atoms with Crippen molar-refractivity contribution >= 4 is 17.2 Å². The van der Waals surface area contributed by atoms with Gasteiger partial charge < -0.3 is 14.2 Å². The number of carbonyl (C=O) groups excluding carboxylic acids is 1. The Morgan fingerprint density at radius 3 is 2.88 bits per heavy atom. The predicted octanol–water partition coefficient (Wildman–Crippen LogP) is 2.71. The number of allylic oxidation sites excluding steroid dienone is 2. The Balaban J connectivity index is 1.56. The van der Waals surface area contributed by atoms with Gasteiger partial charge in [-0.2, -0.15) is 16.3 Å². The van der Waals surface area contributed by atoms with E-state index in [2.05, 4.69) is 22.3 Å². The Hall–Kier alpha value is -1.99. The molecule has 1 aliphatic carbocycles. The molecule has 3 heterocycles. The van der Waals surface area contributed by atoms with Gasteiger partial charge in [-0.1, -0.05) is 17.3 Å². The molecule has 7 heteroatoms. The Bertz CT molecular complexity index is 719. The lowest BCUT2D eigenvalue weighted by atomic mass is 9.81. The topological polar surface area (TPSA) is 68.5 Å². The van der Waals surface area contributed by atoms with Crippen LogP contribution < -0.4 is 0 Å². The van der Waals surface area contributed by atoms with Gasteiger partial charge in [0.2, 0.25) is 17.6 Å². The lowest BCUT2D eigenvalue weighted by molar-refractivity contribution is -0.140. The van der Waals surface area contributed by atoms with Gasteiger partial charge in [0.15, 0.2) is 0 Å². The first kappa shape index (κ1) is 15.5. The van der Waals surface area contributed by atoms with E-state index >= 15 is 0 Å². The Morgan fingerprint density at radius 1 is 1.25 bits per heavy atom. The lowest BCUT2D eigenvalue weighted by Crippen LogP contribution is -2.45. The smallest absolute Gasteiger partial charge is 0.231 e. The van der Waals surface area contributed by atoms with Crippen LogP contribution in [-0.4, -0.2) is 47.3 Å². The third-order valence-corrected chi connectivity index (χ3v) is 5.29. The summed E-state index contributed by atoms with van der Waals surface area (Å²) in [6.45, 7) is 2.55. The minimum atomic E-state index is -0.135. The average Bonchev–Trinajstić information content (AvgIpc) is 3.33. The summed E-state index contributed by atoms with van der Waals surface area (Å²) in [5.74, 6) is 1.14. The minimum Gasteiger partial charge on any atom is -0.378 e. The minimum absolute atomic E-state index is 0.0507. The Labute approximate surface area is 144 Å². The number of hydrogen-bond donors (Lipinski definition) is 0. The van der Waals surface area contributed by atoms with E-state index in [1.807, 2.05) is 21.7 Å². The summed E-state index contributed by atoms with van der Waals surface area (Å²) in [6.07, 6.45) is 5.65. The quantitative estimate of drug-likeness (QED) is 0.800. The molecule has 0 saturated carbocycles. The molecule has 2 aromatic rings. The average molecular weight is 345 g/mol. The van der Waals surface area contributed by atoms with Crippen LogP contribution in [0.1, 0.15) is 24.7 Å². The lowest BCUT2D eigenvalue weighted by Gasteiger charge is -2.33. The van der Waals surface area contributed by atoms with Crippen LogP contribution in [0.5, 0.6) is 0 Å². The van der Waals surface area contributed by atoms with E-state index in [0.29, 0.717) is 38.0 Å². The maximum absolute atomic E-state index is 12.9. The van der Waals surface area contributed by atoms with Gasteiger partial charge in [-0.15, -0.1) is 0 Å². The second-order valence-electron chi connectivity index (χ2n) is 6.06. The molecule has 24 heavy (non-hydrogen) atoms. The highest BCUT2D eigenvalue weighted by molar-refractivity contribution is 7.08. The monoisotopic (exact) mass is 345 g/mol. The first-order valence-electron chi connectivity index (χ1n) is 8.20. The SMILES string of the molecule is O=C([C@H]1CC=CC[C@H]1c1nc(-c2ccsc2)no1)N1CCOCC1. The van der Waals surface area contributed by atoms with E-state index < -0.39 is 0 Å². The van der Waals surface area contributed by atoms with Crippen molar-refractivity contribution in [2.45, 2.75) is 18.8 Å². The summed E-state index contributed by atoms with van der Waals surface area (Å²) >= 11 is 1.60. The summed E-state index contributed by atoms with van der Waals surface area (Å²) in [7, 11) is 0. The predicted molar refractivity (Wildman–Crippen MR) is 89.6 cm³/mol. The molecule has 2 aromatic heterocycles. The van der Waals surface area contributed by atoms with E-state index in [9.17, 15) is 4.79 Å². The second kappa shape index (κ2) is 6.86. The number of nitrogens with zero attached hydrogens (tertiary/aromatic N) is 3. The van der Waals surface area contributed by atoms with Gasteiger partial charge in [0.25, 0.3) is 0 Å². The first-order chi connectivity index (χ1) is 11.8. The molecule has 0 N–H and O–H groups in total. The van der Waals surface area contributed by atoms with Crippen LogP contribution in [0.25, 0.3) is 11.4 Å². The highest BCUT2D eigenvalue weighted by Crippen LogP contribution is 2.36. The first-order valence-corrected chi connectivity index (χ1v) is 9.15. The third kappa shape index (κ3) is 3.01. The normalized spacial score (nSPS) is 24.2. The van der Waals surface area contributed by atoms with E-state index in [-0.39, 0.29) is 17.7 Å². The summed E-state index contributed by atoms with van der Waals surface area (Å²) in [6, 6.07) is 1.97. The zero-order valence-electron chi connectivity index (χ0n) is 13.3. The largest absolute Gasteiger partial charge is 0.378 e. The van der Waals surface area contributed by atoms with E-state index in [4.69, 9.17) is 9.26 Å². The van der Waals surface area contributed by atoms with Crippen molar-refractivity contribution in [2.75, 3.05) is 26.3 Å². The van der Waals surface area contributed by atoms with Crippen molar-refractivity contribution in [1.82, 2.24) is 15.0 Å². The number of aromatic nitrogens is 2. The number of morpholine rings is 1. The molecule has 126 valence electrons. The maximum Gasteiger partial charge on any atom is 0.231 e. The van der Waals surface area contributed by atoms with Gasteiger partial charge >= 0.3 is 0 Å². The molecular formula is C17H19N3O3S. The molecule has 1 saturated heterocycles. The number of amides is 1. The maximum atomic E-state index is 12.9. The van der Waals surface area contributed by atoms with Gasteiger partial charge in [-0.3, -0.25) is 4.79 Å². The van der Waals surface area contributed by atoms with Crippen LogP contribution in [0.2, 0.25) is 0 Å². The number of carbonyl (C=O) groups is 1. The van der Waals surface area contributed by atoms with Gasteiger partial charge in [0, 0.05) is 24.0 Å². The molecule has 0 spiro atoms. The van der Waals surface area contributed by atoms with Crippen LogP contribution in [0.15, 0.2) is 33.5 Å². The van der Waals surface area contributed by atoms with Crippen LogP contribution in [0, 0.1) is 5.92 Å². The van der Waals surface area contributed by atoms with E-state index in [0.717, 1.165) is 18.4 Å². The van der Waals surface area contributed by atoms with Crippen molar-refractivity contribution in [3.8, 4) is 11.4 Å². The number of hydrogen-bond acceptors (Lipinski definition) is 6. The molecule has 0 unspecified atom stereocenters. The molecule has 2 atom stereocenters. The van der Waals surface area contributed by atoms with E-state index in [1.165, 1.54) is 0 Å². The molecule has 1 fully saturated rings. The molecule has 0 bridgehead atoms. The fourth-order valence-electron chi connectivity index (χ4n) is 3.27. The van der Waals surface area contributed by atoms with Crippen molar-refractivity contribution < 1.29 is 14.1 Å². The summed E-state index contributed by atoms with van der Waals surface area (Å²) in [5, 5.41) is 8.07. The molecular weight excluding hydrogens is 326 g/mol. The molecule has 6 nitrogen and oxygen atoms in total. The van der Waals surface area contributed by atoms with Crippen LogP contribution >= 0.6 is 11.3 Å². The van der Waals surface area contributed by atoms with Crippen molar-refractivity contribution in [3.05, 3.63) is 34.9 Å².